The molecule has 0 spiro atoms. The van der Waals surface area contributed by atoms with E-state index in [2.05, 4.69) is 6.58 Å². The molecule has 5 nitrogen and oxygen atoms in total. The van der Waals surface area contributed by atoms with Crippen LogP contribution in [0.3, 0.4) is 0 Å². The summed E-state index contributed by atoms with van der Waals surface area (Å²) in [5, 5.41) is 0. The Morgan fingerprint density at radius 2 is 1.70 bits per heavy atom. The van der Waals surface area contributed by atoms with Crippen molar-refractivity contribution in [3.8, 4) is 5.75 Å². The lowest BCUT2D eigenvalue weighted by Gasteiger charge is -2.06. The lowest BCUT2D eigenvalue weighted by molar-refractivity contribution is -0.137. The smallest absolute Gasteiger partial charge is 0.463 e. The zero-order valence-electron chi connectivity index (χ0n) is 11.5. The second kappa shape index (κ2) is 8.74. The number of benzene rings is 1. The maximum atomic E-state index is 11.3. The Labute approximate surface area is 118 Å². The molecular formula is C15H18O5. The average Bonchev–Trinajstić information content (AvgIpc) is 2.44. The number of unbranched alkanes of at least 4 members (excludes halogenated alkanes) is 1. The van der Waals surface area contributed by atoms with Crippen LogP contribution in [0.15, 0.2) is 36.9 Å². The number of hydrogen-bond donors (Lipinski definition) is 0. The Hall–Kier alpha value is -2.30. The van der Waals surface area contributed by atoms with Gasteiger partial charge in [0.15, 0.2) is 0 Å². The molecule has 0 aromatic heterocycles. The Balaban J connectivity index is 2.10. The summed E-state index contributed by atoms with van der Waals surface area (Å²) in [5.41, 5.74) is 1.08. The van der Waals surface area contributed by atoms with Crippen LogP contribution in [0.25, 0.3) is 0 Å². The molecular weight excluding hydrogens is 260 g/mol. The number of hydrogen-bond acceptors (Lipinski definition) is 5. The van der Waals surface area contributed by atoms with Gasteiger partial charge in [0.25, 0.3) is 0 Å². The number of rotatable bonds is 7. The van der Waals surface area contributed by atoms with Crippen LogP contribution >= 0.6 is 0 Å². The minimum atomic E-state index is -0.739. The summed E-state index contributed by atoms with van der Waals surface area (Å²) >= 11 is 0. The fourth-order valence-corrected chi connectivity index (χ4v) is 1.32. The number of carbonyl (C=O) groups excluding carboxylic acids is 2. The minimum Gasteiger partial charge on any atom is -0.463 e. The Morgan fingerprint density at radius 3 is 2.30 bits per heavy atom. The molecule has 108 valence electrons. The Morgan fingerprint density at radius 1 is 1.10 bits per heavy atom. The van der Waals surface area contributed by atoms with Crippen molar-refractivity contribution in [1.29, 1.82) is 0 Å². The molecule has 1 rings (SSSR count). The summed E-state index contributed by atoms with van der Waals surface area (Å²) in [5.74, 6) is -0.00906. The summed E-state index contributed by atoms with van der Waals surface area (Å²) in [6, 6.07) is 7.09. The van der Waals surface area contributed by atoms with Crippen molar-refractivity contribution >= 4 is 12.1 Å². The lowest BCUT2D eigenvalue weighted by Crippen LogP contribution is -2.12. The van der Waals surface area contributed by atoms with Gasteiger partial charge in [0.2, 0.25) is 0 Å². The number of carbonyl (C=O) groups is 2. The monoisotopic (exact) mass is 278 g/mol. The van der Waals surface area contributed by atoms with E-state index in [4.69, 9.17) is 14.2 Å². The van der Waals surface area contributed by atoms with Crippen molar-refractivity contribution in [2.45, 2.75) is 19.8 Å². The normalized spacial score (nSPS) is 9.65. The van der Waals surface area contributed by atoms with Gasteiger partial charge in [0, 0.05) is 6.08 Å². The van der Waals surface area contributed by atoms with Crippen LogP contribution in [0.1, 0.15) is 18.4 Å². The molecule has 5 heteroatoms. The molecule has 1 aromatic rings. The summed E-state index contributed by atoms with van der Waals surface area (Å²) < 4.78 is 14.6. The molecule has 0 aliphatic heterocycles. The highest BCUT2D eigenvalue weighted by atomic mass is 16.7. The topological polar surface area (TPSA) is 61.8 Å². The zero-order valence-corrected chi connectivity index (χ0v) is 11.5. The van der Waals surface area contributed by atoms with Crippen molar-refractivity contribution in [2.75, 3.05) is 13.2 Å². The van der Waals surface area contributed by atoms with Gasteiger partial charge in [-0.25, -0.2) is 9.59 Å². The van der Waals surface area contributed by atoms with Gasteiger partial charge >= 0.3 is 12.1 Å². The van der Waals surface area contributed by atoms with Crippen LogP contribution < -0.4 is 4.74 Å². The van der Waals surface area contributed by atoms with Crippen molar-refractivity contribution < 1.29 is 23.8 Å². The van der Waals surface area contributed by atoms with E-state index in [-0.39, 0.29) is 13.2 Å². The lowest BCUT2D eigenvalue weighted by atomic mass is 10.2. The van der Waals surface area contributed by atoms with Crippen molar-refractivity contribution in [3.63, 3.8) is 0 Å². The molecule has 0 bridgehead atoms. The van der Waals surface area contributed by atoms with E-state index in [0.29, 0.717) is 18.6 Å². The van der Waals surface area contributed by atoms with E-state index in [1.54, 1.807) is 12.1 Å². The summed E-state index contributed by atoms with van der Waals surface area (Å²) in [6.07, 6.45) is 1.57. The Bertz CT molecular complexity index is 450. The fourth-order valence-electron chi connectivity index (χ4n) is 1.32. The molecule has 0 aliphatic rings. The third-order valence-electron chi connectivity index (χ3n) is 2.39. The van der Waals surface area contributed by atoms with Gasteiger partial charge < -0.3 is 14.2 Å². The molecule has 0 fully saturated rings. The van der Waals surface area contributed by atoms with Crippen LogP contribution in [0.2, 0.25) is 0 Å². The molecule has 1 aromatic carbocycles. The fraction of sp³-hybridized carbons (Fsp3) is 0.333. The first-order valence-corrected chi connectivity index (χ1v) is 6.32. The average molecular weight is 278 g/mol. The van der Waals surface area contributed by atoms with E-state index in [1.807, 2.05) is 19.1 Å². The van der Waals surface area contributed by atoms with Gasteiger partial charge in [-0.3, -0.25) is 0 Å². The third-order valence-corrected chi connectivity index (χ3v) is 2.39. The maximum absolute atomic E-state index is 11.3. The van der Waals surface area contributed by atoms with E-state index >= 15 is 0 Å². The first kappa shape index (κ1) is 15.8. The molecule has 0 aliphatic carbocycles. The first-order chi connectivity index (χ1) is 9.61. The van der Waals surface area contributed by atoms with Crippen LogP contribution in [0.5, 0.6) is 5.75 Å². The van der Waals surface area contributed by atoms with E-state index in [1.165, 1.54) is 0 Å². The number of ether oxygens (including phenoxy) is 3. The predicted octanol–water partition coefficient (Wildman–Crippen LogP) is 3.02. The summed E-state index contributed by atoms with van der Waals surface area (Å²) in [6.45, 7) is 5.73. The molecule has 0 heterocycles. The second-order valence-electron chi connectivity index (χ2n) is 4.09. The van der Waals surface area contributed by atoms with Crippen molar-refractivity contribution in [3.05, 3.63) is 42.5 Å². The molecule has 20 heavy (non-hydrogen) atoms. The number of esters is 1. The maximum Gasteiger partial charge on any atom is 0.513 e. The molecule has 0 N–H and O–H groups in total. The van der Waals surface area contributed by atoms with Crippen molar-refractivity contribution in [1.82, 2.24) is 0 Å². The zero-order chi connectivity index (χ0) is 14.8. The highest BCUT2D eigenvalue weighted by Crippen LogP contribution is 2.12. The van der Waals surface area contributed by atoms with Crippen LogP contribution in [0, 0.1) is 6.92 Å². The standard InChI is InChI=1S/C15H18O5/c1-3-14(16)18-10-4-5-11-19-15(17)20-13-8-6-12(2)7-9-13/h3,6-9H,1,4-5,10-11H2,2H3. The Kier molecular flexibility index (Phi) is 6.89. The van der Waals surface area contributed by atoms with Gasteiger partial charge in [-0.2, -0.15) is 0 Å². The van der Waals surface area contributed by atoms with Gasteiger partial charge in [-0.1, -0.05) is 24.3 Å². The molecule has 0 atom stereocenters. The molecule has 0 saturated heterocycles. The quantitative estimate of drug-likeness (QED) is 0.332. The largest absolute Gasteiger partial charge is 0.513 e. The minimum absolute atomic E-state index is 0.219. The van der Waals surface area contributed by atoms with E-state index < -0.39 is 12.1 Å². The summed E-state index contributed by atoms with van der Waals surface area (Å²) in [4.78, 5) is 22.1. The van der Waals surface area contributed by atoms with Crippen LogP contribution in [0.4, 0.5) is 4.79 Å². The SMILES string of the molecule is C=CC(=O)OCCCCOC(=O)Oc1ccc(C)cc1. The predicted molar refractivity (Wildman–Crippen MR) is 73.5 cm³/mol. The van der Waals surface area contributed by atoms with Gasteiger partial charge in [-0.15, -0.1) is 0 Å². The highest BCUT2D eigenvalue weighted by molar-refractivity contribution is 5.81. The van der Waals surface area contributed by atoms with Gasteiger partial charge in [-0.05, 0) is 31.9 Å². The van der Waals surface area contributed by atoms with E-state index in [9.17, 15) is 9.59 Å². The summed E-state index contributed by atoms with van der Waals surface area (Å²) in [7, 11) is 0. The highest BCUT2D eigenvalue weighted by Gasteiger charge is 2.05. The molecule has 0 unspecified atom stereocenters. The van der Waals surface area contributed by atoms with E-state index in [0.717, 1.165) is 11.6 Å². The second-order valence-corrected chi connectivity index (χ2v) is 4.09. The van der Waals surface area contributed by atoms with Crippen LogP contribution in [-0.4, -0.2) is 25.3 Å². The van der Waals surface area contributed by atoms with Crippen LogP contribution in [-0.2, 0) is 14.3 Å². The molecule has 0 saturated carbocycles. The molecule has 0 amide bonds. The molecule has 0 radical (unpaired) electrons. The van der Waals surface area contributed by atoms with Gasteiger partial charge in [0.05, 0.1) is 13.2 Å². The van der Waals surface area contributed by atoms with Crippen molar-refractivity contribution in [2.24, 2.45) is 0 Å². The third kappa shape index (κ3) is 6.58. The first-order valence-electron chi connectivity index (χ1n) is 6.32. The number of aryl methyl sites for hydroxylation is 1. The van der Waals surface area contributed by atoms with Gasteiger partial charge in [0.1, 0.15) is 5.75 Å².